The third kappa shape index (κ3) is 3.72. The van der Waals surface area contributed by atoms with Crippen molar-refractivity contribution >= 4 is 5.91 Å². The van der Waals surface area contributed by atoms with Gasteiger partial charge in [0, 0.05) is 18.2 Å². The molecule has 4 rings (SSSR count). The van der Waals surface area contributed by atoms with Crippen LogP contribution in [0.1, 0.15) is 42.5 Å². The Bertz CT molecular complexity index is 786. The number of hydrogen-bond donors (Lipinski definition) is 2. The Labute approximate surface area is 160 Å². The molecule has 1 aromatic carbocycles. The van der Waals surface area contributed by atoms with Crippen LogP contribution >= 0.6 is 0 Å². The third-order valence-corrected chi connectivity index (χ3v) is 6.01. The quantitative estimate of drug-likeness (QED) is 0.851. The summed E-state index contributed by atoms with van der Waals surface area (Å²) < 4.78 is 5.43. The number of hydrogen-bond acceptors (Lipinski definition) is 4. The number of methoxy groups -OCH3 is 1. The highest BCUT2D eigenvalue weighted by atomic mass is 16.5. The molecule has 144 valence electrons. The first-order valence-electron chi connectivity index (χ1n) is 9.97. The molecule has 1 aromatic heterocycles. The largest absolute Gasteiger partial charge is 0.496 e. The van der Waals surface area contributed by atoms with E-state index in [0.29, 0.717) is 23.2 Å². The summed E-state index contributed by atoms with van der Waals surface area (Å²) in [6, 6.07) is 8.30. The Kier molecular flexibility index (Phi) is 5.43. The lowest BCUT2D eigenvalue weighted by Gasteiger charge is -2.44. The van der Waals surface area contributed by atoms with Gasteiger partial charge in [-0.25, -0.2) is 0 Å². The number of rotatable bonds is 5. The summed E-state index contributed by atoms with van der Waals surface area (Å²) in [5.41, 5.74) is 2.11. The van der Waals surface area contributed by atoms with Gasteiger partial charge in [-0.1, -0.05) is 18.6 Å². The molecular weight excluding hydrogens is 340 g/mol. The number of fused-ring (bicyclic) bond motifs is 1. The number of nitrogens with one attached hydrogen (secondary N) is 2. The average Bonchev–Trinajstić information content (AvgIpc) is 3.21. The summed E-state index contributed by atoms with van der Waals surface area (Å²) in [5, 5.41) is 10.2. The molecule has 0 bridgehead atoms. The van der Waals surface area contributed by atoms with Gasteiger partial charge in [-0.2, -0.15) is 5.10 Å². The average molecular weight is 368 g/mol. The molecule has 6 nitrogen and oxygen atoms in total. The third-order valence-electron chi connectivity index (χ3n) is 6.01. The second kappa shape index (κ2) is 8.13. The van der Waals surface area contributed by atoms with Crippen LogP contribution in [0, 0.1) is 5.92 Å². The van der Waals surface area contributed by atoms with E-state index in [-0.39, 0.29) is 5.91 Å². The zero-order valence-electron chi connectivity index (χ0n) is 15.9. The Morgan fingerprint density at radius 1 is 1.26 bits per heavy atom. The molecule has 2 saturated heterocycles. The van der Waals surface area contributed by atoms with Crippen LogP contribution in [-0.4, -0.2) is 53.8 Å². The lowest BCUT2D eigenvalue weighted by atomic mass is 9.83. The van der Waals surface area contributed by atoms with Crippen molar-refractivity contribution in [1.82, 2.24) is 20.4 Å². The first kappa shape index (κ1) is 18.0. The van der Waals surface area contributed by atoms with Gasteiger partial charge in [-0.05, 0) is 56.8 Å². The number of aromatic amines is 1. The molecule has 27 heavy (non-hydrogen) atoms. The van der Waals surface area contributed by atoms with Crippen molar-refractivity contribution in [2.24, 2.45) is 5.92 Å². The molecule has 2 aromatic rings. The summed E-state index contributed by atoms with van der Waals surface area (Å²) in [7, 11) is 1.63. The van der Waals surface area contributed by atoms with E-state index in [0.717, 1.165) is 17.9 Å². The number of para-hydroxylation sites is 1. The standard InChI is InChI=1S/C21H28N4O2/c1-27-19-10-3-2-8-16(19)20-17(14-23-24-20)21(26)22-13-15-7-6-12-25-11-5-4-9-18(15)25/h2-3,8,10,14-15,18H,4-7,9,11-13H2,1H3,(H,22,26)(H,23,24)/t15-,18+/m1/s1. The van der Waals surface area contributed by atoms with Crippen molar-refractivity contribution in [2.45, 2.75) is 38.1 Å². The van der Waals surface area contributed by atoms with Gasteiger partial charge in [0.05, 0.1) is 24.6 Å². The van der Waals surface area contributed by atoms with E-state index >= 15 is 0 Å². The fourth-order valence-corrected chi connectivity index (χ4v) is 4.65. The number of aromatic nitrogens is 2. The molecule has 1 amide bonds. The van der Waals surface area contributed by atoms with Crippen molar-refractivity contribution < 1.29 is 9.53 Å². The topological polar surface area (TPSA) is 70.2 Å². The molecule has 0 spiro atoms. The van der Waals surface area contributed by atoms with Crippen LogP contribution in [0.15, 0.2) is 30.5 Å². The van der Waals surface area contributed by atoms with Crippen molar-refractivity contribution in [2.75, 3.05) is 26.7 Å². The highest BCUT2D eigenvalue weighted by molar-refractivity contribution is 6.00. The molecule has 3 heterocycles. The number of carbonyl (C=O) groups excluding carboxylic acids is 1. The van der Waals surface area contributed by atoms with E-state index in [1.807, 2.05) is 24.3 Å². The van der Waals surface area contributed by atoms with Gasteiger partial charge < -0.3 is 15.0 Å². The maximum absolute atomic E-state index is 12.9. The number of ether oxygens (including phenoxy) is 1. The predicted molar refractivity (Wildman–Crippen MR) is 105 cm³/mol. The van der Waals surface area contributed by atoms with Crippen LogP contribution in [0.25, 0.3) is 11.3 Å². The fraction of sp³-hybridized carbons (Fsp3) is 0.524. The maximum atomic E-state index is 12.9. The zero-order valence-corrected chi connectivity index (χ0v) is 15.9. The van der Waals surface area contributed by atoms with Gasteiger partial charge >= 0.3 is 0 Å². The van der Waals surface area contributed by atoms with Crippen LogP contribution in [0.2, 0.25) is 0 Å². The number of amides is 1. The van der Waals surface area contributed by atoms with E-state index in [1.54, 1.807) is 13.3 Å². The van der Waals surface area contributed by atoms with Gasteiger partial charge in [-0.3, -0.25) is 9.89 Å². The monoisotopic (exact) mass is 368 g/mol. The van der Waals surface area contributed by atoms with Gasteiger partial charge in [0.1, 0.15) is 5.75 Å². The highest BCUT2D eigenvalue weighted by Crippen LogP contribution is 2.32. The first-order chi connectivity index (χ1) is 13.3. The molecule has 2 aliphatic heterocycles. The summed E-state index contributed by atoms with van der Waals surface area (Å²) in [5.74, 6) is 1.20. The summed E-state index contributed by atoms with van der Waals surface area (Å²) >= 11 is 0. The normalized spacial score (nSPS) is 22.9. The molecule has 0 saturated carbocycles. The molecule has 0 unspecified atom stereocenters. The lowest BCUT2D eigenvalue weighted by molar-refractivity contribution is 0.0576. The Balaban J connectivity index is 1.46. The number of benzene rings is 1. The van der Waals surface area contributed by atoms with Gasteiger partial charge in [0.25, 0.3) is 5.91 Å². The molecular formula is C21H28N4O2. The Morgan fingerprint density at radius 2 is 2.11 bits per heavy atom. The van der Waals surface area contributed by atoms with Gasteiger partial charge in [0.2, 0.25) is 0 Å². The van der Waals surface area contributed by atoms with E-state index in [2.05, 4.69) is 20.4 Å². The van der Waals surface area contributed by atoms with Crippen LogP contribution in [0.5, 0.6) is 5.75 Å². The smallest absolute Gasteiger partial charge is 0.255 e. The van der Waals surface area contributed by atoms with E-state index in [4.69, 9.17) is 4.74 Å². The van der Waals surface area contributed by atoms with Gasteiger partial charge in [-0.15, -0.1) is 0 Å². The molecule has 2 fully saturated rings. The first-order valence-corrected chi connectivity index (χ1v) is 9.97. The lowest BCUT2D eigenvalue weighted by Crippen LogP contribution is -2.51. The molecule has 2 aliphatic rings. The Hall–Kier alpha value is -2.34. The summed E-state index contributed by atoms with van der Waals surface area (Å²) in [4.78, 5) is 15.5. The molecule has 2 N–H and O–H groups in total. The predicted octanol–water partition coefficient (Wildman–Crippen LogP) is 3.08. The van der Waals surface area contributed by atoms with Crippen LogP contribution in [0.4, 0.5) is 0 Å². The van der Waals surface area contributed by atoms with Gasteiger partial charge in [0.15, 0.2) is 0 Å². The number of nitrogens with zero attached hydrogens (tertiary/aromatic N) is 2. The zero-order chi connectivity index (χ0) is 18.6. The minimum absolute atomic E-state index is 0.0717. The molecule has 0 radical (unpaired) electrons. The van der Waals surface area contributed by atoms with Crippen molar-refractivity contribution in [1.29, 1.82) is 0 Å². The van der Waals surface area contributed by atoms with Crippen LogP contribution in [-0.2, 0) is 0 Å². The maximum Gasteiger partial charge on any atom is 0.255 e. The van der Waals surface area contributed by atoms with Crippen molar-refractivity contribution in [3.8, 4) is 17.0 Å². The number of piperidine rings is 2. The number of carbonyl (C=O) groups is 1. The summed E-state index contributed by atoms with van der Waals surface area (Å²) in [6.07, 6.45) is 7.92. The highest BCUT2D eigenvalue weighted by Gasteiger charge is 2.33. The minimum atomic E-state index is -0.0717. The van der Waals surface area contributed by atoms with Crippen molar-refractivity contribution in [3.05, 3.63) is 36.0 Å². The van der Waals surface area contributed by atoms with Crippen LogP contribution < -0.4 is 10.1 Å². The second-order valence-corrected chi connectivity index (χ2v) is 7.57. The van der Waals surface area contributed by atoms with E-state index in [9.17, 15) is 4.79 Å². The van der Waals surface area contributed by atoms with Crippen LogP contribution in [0.3, 0.4) is 0 Å². The number of H-pyrrole nitrogens is 1. The molecule has 0 aliphatic carbocycles. The van der Waals surface area contributed by atoms with Crippen molar-refractivity contribution in [3.63, 3.8) is 0 Å². The Morgan fingerprint density at radius 3 is 3.00 bits per heavy atom. The second-order valence-electron chi connectivity index (χ2n) is 7.57. The minimum Gasteiger partial charge on any atom is -0.496 e. The molecule has 2 atom stereocenters. The summed E-state index contributed by atoms with van der Waals surface area (Å²) in [6.45, 7) is 3.17. The fourth-order valence-electron chi connectivity index (χ4n) is 4.65. The van der Waals surface area contributed by atoms with E-state index < -0.39 is 0 Å². The molecule has 6 heteroatoms. The SMILES string of the molecule is COc1ccccc1-c1[nH]ncc1C(=O)NC[C@H]1CCCN2CCCC[C@@H]12. The van der Waals surface area contributed by atoms with E-state index in [1.165, 1.54) is 45.2 Å².